The Kier molecular flexibility index (Phi) is 5.99. The molecule has 0 saturated carbocycles. The molecular formula is C27H18N3O3Pt-3. The number of fused-ring (bicyclic) bond motifs is 3. The van der Waals surface area contributed by atoms with Gasteiger partial charge >= 0.3 is 0 Å². The van der Waals surface area contributed by atoms with Crippen LogP contribution in [0.15, 0.2) is 89.7 Å². The molecule has 0 amide bonds. The standard InChI is InChI=1S/C27H18N3O3.Pt/c1-29-13-14-30(18-29)23-16-21(17-25-27(23)22-9-2-3-10-24(22)33-25)31-19-7-6-8-20(15-19)32-26-11-4-5-12-28-26;/h2-14,17-18H,1H3;/q-3;. The number of hydrogen-bond donors (Lipinski definition) is 0. The topological polar surface area (TPSA) is 51.0 Å². The fraction of sp³-hybridized carbons (Fsp3) is 0.0370. The number of anilines is 1. The van der Waals surface area contributed by atoms with Gasteiger partial charge in [0, 0.05) is 56.2 Å². The molecule has 0 atom stereocenters. The smallest absolute Gasteiger partial charge is 0.216 e. The third kappa shape index (κ3) is 4.25. The van der Waals surface area contributed by atoms with E-state index in [1.807, 2.05) is 84.4 Å². The molecule has 0 N–H and O–H groups in total. The number of nitrogens with zero attached hydrogens (tertiary/aromatic N) is 3. The van der Waals surface area contributed by atoms with Crippen molar-refractivity contribution >= 4 is 27.6 Å². The summed E-state index contributed by atoms with van der Waals surface area (Å²) in [6, 6.07) is 27.3. The average molecular weight is 628 g/mol. The monoisotopic (exact) mass is 627 g/mol. The van der Waals surface area contributed by atoms with Crippen LogP contribution in [-0.4, -0.2) is 16.9 Å². The number of furan rings is 1. The van der Waals surface area contributed by atoms with E-state index in [4.69, 9.17) is 13.9 Å². The third-order valence-corrected chi connectivity index (χ3v) is 5.20. The molecule has 0 aliphatic carbocycles. The molecule has 0 unspecified atom stereocenters. The van der Waals surface area contributed by atoms with E-state index in [0.717, 1.165) is 27.6 Å². The summed E-state index contributed by atoms with van der Waals surface area (Å²) in [5.74, 6) is 2.01. The van der Waals surface area contributed by atoms with Crippen LogP contribution in [0.5, 0.6) is 23.1 Å². The first kappa shape index (κ1) is 22.1. The maximum atomic E-state index is 6.14. The molecule has 1 aliphatic rings. The van der Waals surface area contributed by atoms with Crippen LogP contribution in [0, 0.1) is 18.8 Å². The van der Waals surface area contributed by atoms with Gasteiger partial charge < -0.3 is 23.7 Å². The number of benzene rings is 3. The van der Waals surface area contributed by atoms with E-state index in [9.17, 15) is 0 Å². The summed E-state index contributed by atoms with van der Waals surface area (Å²) in [7, 11) is 1.98. The van der Waals surface area contributed by atoms with Gasteiger partial charge in [-0.25, -0.2) is 4.98 Å². The molecule has 6 rings (SSSR count). The molecule has 1 aliphatic heterocycles. The number of ether oxygens (including phenoxy) is 2. The van der Waals surface area contributed by atoms with E-state index < -0.39 is 0 Å². The van der Waals surface area contributed by atoms with Gasteiger partial charge in [0.2, 0.25) is 5.88 Å². The molecule has 3 aromatic carbocycles. The SMILES string of the molecule is CN1C=CN(c2[c-]c(Oc3[c-]c(Oc4ccccn4)ccc3)cc3oc4ccccc4c23)[CH-]1.[Pt]. The Morgan fingerprint density at radius 2 is 1.68 bits per heavy atom. The molecule has 3 heterocycles. The van der Waals surface area contributed by atoms with E-state index in [0.29, 0.717) is 23.1 Å². The largest absolute Gasteiger partial charge is 0.510 e. The van der Waals surface area contributed by atoms with Gasteiger partial charge in [-0.05, 0) is 37.0 Å². The predicted molar refractivity (Wildman–Crippen MR) is 126 cm³/mol. The van der Waals surface area contributed by atoms with Crippen molar-refractivity contribution in [3.05, 3.63) is 104 Å². The molecule has 0 bridgehead atoms. The van der Waals surface area contributed by atoms with Crippen LogP contribution in [-0.2, 0) is 21.1 Å². The Morgan fingerprint density at radius 1 is 0.853 bits per heavy atom. The average Bonchev–Trinajstić information content (AvgIpc) is 3.43. The number of aromatic nitrogens is 1. The van der Waals surface area contributed by atoms with E-state index in [1.54, 1.807) is 18.3 Å². The Hall–Kier alpha value is -3.76. The molecule has 34 heavy (non-hydrogen) atoms. The Morgan fingerprint density at radius 3 is 2.47 bits per heavy atom. The van der Waals surface area contributed by atoms with Crippen molar-refractivity contribution in [1.82, 2.24) is 9.88 Å². The summed E-state index contributed by atoms with van der Waals surface area (Å²) < 4.78 is 18.1. The second-order valence-corrected chi connectivity index (χ2v) is 7.56. The molecule has 0 radical (unpaired) electrons. The summed E-state index contributed by atoms with van der Waals surface area (Å²) in [6.45, 7) is 1.98. The minimum atomic E-state index is 0. The summed E-state index contributed by atoms with van der Waals surface area (Å²) >= 11 is 0. The zero-order chi connectivity index (χ0) is 22.2. The fourth-order valence-corrected chi connectivity index (χ4v) is 3.76. The zero-order valence-corrected chi connectivity index (χ0v) is 20.3. The zero-order valence-electron chi connectivity index (χ0n) is 18.0. The first-order valence-electron chi connectivity index (χ1n) is 10.4. The van der Waals surface area contributed by atoms with Gasteiger partial charge in [-0.1, -0.05) is 47.5 Å². The minimum Gasteiger partial charge on any atom is -0.510 e. The van der Waals surface area contributed by atoms with Crippen LogP contribution in [0.25, 0.3) is 21.9 Å². The Bertz CT molecular complexity index is 1480. The Labute approximate surface area is 211 Å². The van der Waals surface area contributed by atoms with Gasteiger partial charge in [-0.15, -0.1) is 18.2 Å². The van der Waals surface area contributed by atoms with Crippen LogP contribution < -0.4 is 14.4 Å². The maximum Gasteiger partial charge on any atom is 0.216 e. The maximum absolute atomic E-state index is 6.14. The summed E-state index contributed by atoms with van der Waals surface area (Å²) in [5.41, 5.74) is 2.37. The van der Waals surface area contributed by atoms with Crippen molar-refractivity contribution in [3.63, 3.8) is 0 Å². The first-order chi connectivity index (χ1) is 16.2. The minimum absolute atomic E-state index is 0. The molecule has 0 saturated heterocycles. The van der Waals surface area contributed by atoms with Crippen LogP contribution in [0.2, 0.25) is 0 Å². The molecule has 172 valence electrons. The van der Waals surface area contributed by atoms with E-state index >= 15 is 0 Å². The molecule has 2 aromatic heterocycles. The first-order valence-corrected chi connectivity index (χ1v) is 10.4. The predicted octanol–water partition coefficient (Wildman–Crippen LogP) is 6.51. The number of hydrogen-bond acceptors (Lipinski definition) is 6. The normalized spacial score (nSPS) is 12.9. The summed E-state index contributed by atoms with van der Waals surface area (Å²) in [4.78, 5) is 8.16. The van der Waals surface area contributed by atoms with Crippen LogP contribution in [0.3, 0.4) is 0 Å². The second kappa shape index (κ2) is 9.24. The van der Waals surface area contributed by atoms with Crippen LogP contribution in [0.1, 0.15) is 0 Å². The molecule has 7 heteroatoms. The van der Waals surface area contributed by atoms with Gasteiger partial charge in [-0.2, -0.15) is 12.7 Å². The van der Waals surface area contributed by atoms with Gasteiger partial charge in [-0.3, -0.25) is 0 Å². The van der Waals surface area contributed by atoms with Crippen LogP contribution in [0.4, 0.5) is 5.69 Å². The van der Waals surface area contributed by atoms with E-state index in [2.05, 4.69) is 23.2 Å². The van der Waals surface area contributed by atoms with Gasteiger partial charge in [0.05, 0.1) is 0 Å². The third-order valence-electron chi connectivity index (χ3n) is 5.20. The quantitative estimate of drug-likeness (QED) is 0.207. The van der Waals surface area contributed by atoms with Crippen molar-refractivity contribution < 1.29 is 35.0 Å². The van der Waals surface area contributed by atoms with E-state index in [1.165, 1.54) is 0 Å². The van der Waals surface area contributed by atoms with Crippen molar-refractivity contribution in [2.75, 3.05) is 11.9 Å². The second-order valence-electron chi connectivity index (χ2n) is 7.56. The molecule has 6 nitrogen and oxygen atoms in total. The molecule has 5 aromatic rings. The fourth-order valence-electron chi connectivity index (χ4n) is 3.76. The van der Waals surface area contributed by atoms with Crippen molar-refractivity contribution in [3.8, 4) is 23.1 Å². The van der Waals surface area contributed by atoms with E-state index in [-0.39, 0.29) is 21.1 Å². The molecular weight excluding hydrogens is 609 g/mol. The summed E-state index contributed by atoms with van der Waals surface area (Å²) in [5, 5.41) is 2.00. The molecule has 0 spiro atoms. The van der Waals surface area contributed by atoms with Crippen molar-refractivity contribution in [2.45, 2.75) is 0 Å². The van der Waals surface area contributed by atoms with Crippen LogP contribution >= 0.6 is 0 Å². The number of para-hydroxylation sites is 1. The number of rotatable bonds is 5. The number of pyridine rings is 1. The van der Waals surface area contributed by atoms with Crippen molar-refractivity contribution in [1.29, 1.82) is 0 Å². The van der Waals surface area contributed by atoms with Gasteiger partial charge in [0.1, 0.15) is 5.58 Å². The van der Waals surface area contributed by atoms with Gasteiger partial charge in [0.15, 0.2) is 0 Å². The molecule has 0 fully saturated rings. The Balaban J connectivity index is 0.00000241. The van der Waals surface area contributed by atoms with Crippen molar-refractivity contribution in [2.24, 2.45) is 0 Å². The summed E-state index contributed by atoms with van der Waals surface area (Å²) in [6.07, 6.45) is 5.63. The van der Waals surface area contributed by atoms with Gasteiger partial charge in [0.25, 0.3) is 0 Å².